The summed E-state index contributed by atoms with van der Waals surface area (Å²) >= 11 is 0. The Labute approximate surface area is 110 Å². The van der Waals surface area contributed by atoms with E-state index >= 15 is 0 Å². The number of nitrogens with one attached hydrogen (secondary N) is 1. The van der Waals surface area contributed by atoms with E-state index < -0.39 is 5.60 Å². The summed E-state index contributed by atoms with van der Waals surface area (Å²) < 4.78 is 5.32. The first-order valence-electron chi connectivity index (χ1n) is 6.26. The predicted octanol–water partition coefficient (Wildman–Crippen LogP) is 3.45. The van der Waals surface area contributed by atoms with Gasteiger partial charge in [0.05, 0.1) is 0 Å². The fourth-order valence-electron chi connectivity index (χ4n) is 1.53. The number of anilines is 1. The van der Waals surface area contributed by atoms with E-state index in [9.17, 15) is 4.79 Å². The van der Waals surface area contributed by atoms with Crippen LogP contribution >= 0.6 is 0 Å². The smallest absolute Gasteiger partial charge is 0.328 e. The molecule has 1 unspecified atom stereocenters. The number of rotatable bonds is 3. The van der Waals surface area contributed by atoms with Crippen LogP contribution in [0.4, 0.5) is 5.69 Å². The zero-order valence-electron chi connectivity index (χ0n) is 12.1. The van der Waals surface area contributed by atoms with Gasteiger partial charge >= 0.3 is 5.97 Å². The number of aryl methyl sites for hydroxylation is 2. The minimum Gasteiger partial charge on any atom is -0.458 e. The first-order valence-corrected chi connectivity index (χ1v) is 6.26. The van der Waals surface area contributed by atoms with E-state index in [1.165, 1.54) is 11.1 Å². The van der Waals surface area contributed by atoms with Crippen LogP contribution in [0.15, 0.2) is 18.2 Å². The van der Waals surface area contributed by atoms with Gasteiger partial charge in [0.15, 0.2) is 0 Å². The zero-order valence-corrected chi connectivity index (χ0v) is 12.1. The van der Waals surface area contributed by atoms with Crippen LogP contribution in [0.3, 0.4) is 0 Å². The van der Waals surface area contributed by atoms with Crippen molar-refractivity contribution in [1.82, 2.24) is 0 Å². The van der Waals surface area contributed by atoms with E-state index in [0.717, 1.165) is 5.69 Å². The lowest BCUT2D eigenvalue weighted by atomic mass is 10.1. The maximum absolute atomic E-state index is 11.8. The third-order valence-electron chi connectivity index (χ3n) is 2.65. The average molecular weight is 249 g/mol. The number of hydrogen-bond acceptors (Lipinski definition) is 3. The molecule has 0 aliphatic carbocycles. The minimum atomic E-state index is -0.448. The molecule has 0 spiro atoms. The summed E-state index contributed by atoms with van der Waals surface area (Å²) in [6.45, 7) is 11.5. The summed E-state index contributed by atoms with van der Waals surface area (Å²) in [5.41, 5.74) is 2.94. The van der Waals surface area contributed by atoms with Crippen molar-refractivity contribution in [1.29, 1.82) is 0 Å². The quantitative estimate of drug-likeness (QED) is 0.834. The first kappa shape index (κ1) is 14.6. The van der Waals surface area contributed by atoms with Crippen molar-refractivity contribution < 1.29 is 9.53 Å². The van der Waals surface area contributed by atoms with Crippen molar-refractivity contribution in [2.45, 2.75) is 53.2 Å². The molecule has 0 saturated heterocycles. The standard InChI is InChI=1S/C15H23NO2/c1-10-7-8-13(9-11(10)2)16-12(3)14(17)18-15(4,5)6/h7-9,12,16H,1-6H3. The molecular weight excluding hydrogens is 226 g/mol. The Kier molecular flexibility index (Phi) is 4.38. The van der Waals surface area contributed by atoms with Gasteiger partial charge in [-0.2, -0.15) is 0 Å². The van der Waals surface area contributed by atoms with Crippen LogP contribution in [-0.2, 0) is 9.53 Å². The van der Waals surface area contributed by atoms with Crippen LogP contribution in [0.25, 0.3) is 0 Å². The number of carbonyl (C=O) groups is 1. The lowest BCUT2D eigenvalue weighted by Crippen LogP contribution is -2.34. The highest BCUT2D eigenvalue weighted by Crippen LogP contribution is 2.16. The fraction of sp³-hybridized carbons (Fsp3) is 0.533. The average Bonchev–Trinajstić information content (AvgIpc) is 2.21. The Morgan fingerprint density at radius 1 is 1.22 bits per heavy atom. The molecule has 1 atom stereocenters. The summed E-state index contributed by atoms with van der Waals surface area (Å²) in [6, 6.07) is 5.70. The molecule has 3 nitrogen and oxygen atoms in total. The van der Waals surface area contributed by atoms with E-state index in [-0.39, 0.29) is 12.0 Å². The lowest BCUT2D eigenvalue weighted by molar-refractivity contribution is -0.155. The fourth-order valence-corrected chi connectivity index (χ4v) is 1.53. The van der Waals surface area contributed by atoms with Crippen molar-refractivity contribution >= 4 is 11.7 Å². The van der Waals surface area contributed by atoms with Crippen molar-refractivity contribution in [2.24, 2.45) is 0 Å². The highest BCUT2D eigenvalue weighted by Gasteiger charge is 2.21. The van der Waals surface area contributed by atoms with Crippen molar-refractivity contribution in [2.75, 3.05) is 5.32 Å². The van der Waals surface area contributed by atoms with Crippen molar-refractivity contribution in [3.63, 3.8) is 0 Å². The summed E-state index contributed by atoms with van der Waals surface area (Å²) in [6.07, 6.45) is 0. The summed E-state index contributed by atoms with van der Waals surface area (Å²) in [5.74, 6) is -0.235. The van der Waals surface area contributed by atoms with Crippen LogP contribution < -0.4 is 5.32 Å². The van der Waals surface area contributed by atoms with Crippen LogP contribution in [0.2, 0.25) is 0 Å². The second-order valence-electron chi connectivity index (χ2n) is 5.70. The largest absolute Gasteiger partial charge is 0.458 e. The lowest BCUT2D eigenvalue weighted by Gasteiger charge is -2.23. The Morgan fingerprint density at radius 3 is 2.33 bits per heavy atom. The maximum atomic E-state index is 11.8. The first-order chi connectivity index (χ1) is 8.19. The Balaban J connectivity index is 2.66. The second-order valence-corrected chi connectivity index (χ2v) is 5.70. The van der Waals surface area contributed by atoms with E-state index in [4.69, 9.17) is 4.74 Å². The van der Waals surface area contributed by atoms with Gasteiger partial charge in [-0.15, -0.1) is 0 Å². The van der Waals surface area contributed by atoms with Gasteiger partial charge < -0.3 is 10.1 Å². The molecule has 0 radical (unpaired) electrons. The van der Waals surface area contributed by atoms with Gasteiger partial charge in [-0.25, -0.2) is 4.79 Å². The zero-order chi connectivity index (χ0) is 13.9. The molecule has 1 rings (SSSR count). The van der Waals surface area contributed by atoms with Gasteiger partial charge in [-0.3, -0.25) is 0 Å². The summed E-state index contributed by atoms with van der Waals surface area (Å²) in [4.78, 5) is 11.8. The SMILES string of the molecule is Cc1ccc(NC(C)C(=O)OC(C)(C)C)cc1C. The minimum absolute atomic E-state index is 0.235. The topological polar surface area (TPSA) is 38.3 Å². The molecule has 100 valence electrons. The molecule has 18 heavy (non-hydrogen) atoms. The maximum Gasteiger partial charge on any atom is 0.328 e. The summed E-state index contributed by atoms with van der Waals surface area (Å²) in [5, 5.41) is 3.16. The third kappa shape index (κ3) is 4.40. The number of ether oxygens (including phenoxy) is 1. The molecule has 3 heteroatoms. The number of hydrogen-bond donors (Lipinski definition) is 1. The number of benzene rings is 1. The molecule has 0 heterocycles. The molecule has 1 aromatic rings. The molecule has 0 aliphatic rings. The van der Waals surface area contributed by atoms with Gasteiger partial charge in [0, 0.05) is 5.69 Å². The molecular formula is C15H23NO2. The predicted molar refractivity (Wildman–Crippen MR) is 74.8 cm³/mol. The van der Waals surface area contributed by atoms with Gasteiger partial charge in [0.2, 0.25) is 0 Å². The monoisotopic (exact) mass is 249 g/mol. The molecule has 0 aromatic heterocycles. The van der Waals surface area contributed by atoms with E-state index in [2.05, 4.69) is 19.2 Å². The van der Waals surface area contributed by atoms with Gasteiger partial charge in [0.1, 0.15) is 11.6 Å². The molecule has 1 N–H and O–H groups in total. The molecule has 0 bridgehead atoms. The number of carbonyl (C=O) groups excluding carboxylic acids is 1. The Hall–Kier alpha value is -1.51. The Bertz CT molecular complexity index is 433. The third-order valence-corrected chi connectivity index (χ3v) is 2.65. The highest BCUT2D eigenvalue weighted by atomic mass is 16.6. The van der Waals surface area contributed by atoms with Crippen LogP contribution in [-0.4, -0.2) is 17.6 Å². The molecule has 0 saturated carbocycles. The molecule has 1 aromatic carbocycles. The van der Waals surface area contributed by atoms with Crippen LogP contribution in [0.1, 0.15) is 38.8 Å². The normalized spacial score (nSPS) is 13.0. The molecule has 0 fully saturated rings. The van der Waals surface area contributed by atoms with Crippen molar-refractivity contribution in [3.05, 3.63) is 29.3 Å². The number of esters is 1. The van der Waals surface area contributed by atoms with Crippen LogP contribution in [0, 0.1) is 13.8 Å². The Morgan fingerprint density at radius 2 is 1.83 bits per heavy atom. The van der Waals surface area contributed by atoms with E-state index in [1.807, 2.05) is 45.9 Å². The van der Waals surface area contributed by atoms with Crippen molar-refractivity contribution in [3.8, 4) is 0 Å². The van der Waals surface area contributed by atoms with E-state index in [0.29, 0.717) is 0 Å². The molecule has 0 amide bonds. The van der Waals surface area contributed by atoms with Gasteiger partial charge in [0.25, 0.3) is 0 Å². The van der Waals surface area contributed by atoms with Gasteiger partial charge in [-0.1, -0.05) is 6.07 Å². The van der Waals surface area contributed by atoms with E-state index in [1.54, 1.807) is 0 Å². The summed E-state index contributed by atoms with van der Waals surface area (Å²) in [7, 11) is 0. The second kappa shape index (κ2) is 5.42. The van der Waals surface area contributed by atoms with Crippen LogP contribution in [0.5, 0.6) is 0 Å². The highest BCUT2D eigenvalue weighted by molar-refractivity contribution is 5.79. The van der Waals surface area contributed by atoms with Gasteiger partial charge in [-0.05, 0) is 64.8 Å². The molecule has 0 aliphatic heterocycles.